The molecule has 0 unspecified atom stereocenters. The number of benzene rings is 9. The molecule has 0 saturated carbocycles. The second kappa shape index (κ2) is 14.6. The van der Waals surface area contributed by atoms with Crippen LogP contribution in [0.5, 0.6) is 0 Å². The first kappa shape index (κ1) is 34.5. The van der Waals surface area contributed by atoms with Crippen molar-refractivity contribution < 1.29 is 0 Å². The summed E-state index contributed by atoms with van der Waals surface area (Å²) in [6.45, 7) is -0.0157. The fourth-order valence-electron chi connectivity index (χ4n) is 9.10. The molecule has 11 rings (SSSR count). The van der Waals surface area contributed by atoms with Crippen molar-refractivity contribution in [1.29, 1.82) is 0 Å². The molecule has 0 radical (unpaired) electrons. The topological polar surface area (TPSA) is 13.0 Å². The fourth-order valence-corrected chi connectivity index (χ4v) is 9.10. The average molecular weight is 755 g/mol. The van der Waals surface area contributed by atoms with E-state index in [4.69, 9.17) is 0 Å². The number of fused-ring (bicyclic) bond motifs is 4. The number of nitrogens with zero attached hydrogens (tertiary/aromatic N) is 4. The van der Waals surface area contributed by atoms with Gasteiger partial charge in [-0.05, 0) is 120 Å². The van der Waals surface area contributed by atoms with E-state index < -0.39 is 0 Å². The van der Waals surface area contributed by atoms with Crippen molar-refractivity contribution in [2.45, 2.75) is 0 Å². The largest absolute Gasteiger partial charge is 0.311 e. The maximum Gasteiger partial charge on any atom is 0.252 e. The number of rotatable bonds is 8. The molecule has 4 nitrogen and oxygen atoms in total. The molecule has 5 heteroatoms. The van der Waals surface area contributed by atoms with E-state index in [1.807, 2.05) is 0 Å². The van der Waals surface area contributed by atoms with Gasteiger partial charge in [-0.1, -0.05) is 133 Å². The zero-order valence-electron chi connectivity index (χ0n) is 32.4. The van der Waals surface area contributed by atoms with Gasteiger partial charge in [0.15, 0.2) is 0 Å². The Bertz CT molecular complexity index is 2810. The Morgan fingerprint density at radius 3 is 1.10 bits per heavy atom. The minimum atomic E-state index is -0.0157. The third kappa shape index (κ3) is 5.95. The van der Waals surface area contributed by atoms with Crippen LogP contribution in [0.25, 0.3) is 0 Å². The summed E-state index contributed by atoms with van der Waals surface area (Å²) in [5, 5.41) is 0. The van der Waals surface area contributed by atoms with Crippen molar-refractivity contribution in [1.82, 2.24) is 0 Å². The highest BCUT2D eigenvalue weighted by molar-refractivity contribution is 7.00. The summed E-state index contributed by atoms with van der Waals surface area (Å²) < 4.78 is 0. The van der Waals surface area contributed by atoms with Crippen molar-refractivity contribution in [2.75, 3.05) is 19.6 Å². The molecule has 9 aromatic carbocycles. The highest BCUT2D eigenvalue weighted by Crippen LogP contribution is 2.49. The Labute approximate surface area is 346 Å². The summed E-state index contributed by atoms with van der Waals surface area (Å²) in [4.78, 5) is 9.71. The van der Waals surface area contributed by atoms with Crippen molar-refractivity contribution in [3.8, 4) is 0 Å². The van der Waals surface area contributed by atoms with Gasteiger partial charge in [0.2, 0.25) is 0 Å². The zero-order valence-corrected chi connectivity index (χ0v) is 32.4. The van der Waals surface area contributed by atoms with Crippen molar-refractivity contribution in [3.05, 3.63) is 237 Å². The van der Waals surface area contributed by atoms with Crippen LogP contribution < -0.4 is 36.0 Å². The van der Waals surface area contributed by atoms with Crippen LogP contribution in [-0.4, -0.2) is 6.71 Å². The molecule has 0 saturated heterocycles. The Kier molecular flexibility index (Phi) is 8.56. The third-order valence-corrected chi connectivity index (χ3v) is 11.5. The summed E-state index contributed by atoms with van der Waals surface area (Å²) in [5.41, 5.74) is 17.3. The van der Waals surface area contributed by atoms with Crippen LogP contribution >= 0.6 is 0 Å². The van der Waals surface area contributed by atoms with Crippen molar-refractivity contribution in [3.63, 3.8) is 0 Å². The van der Waals surface area contributed by atoms with Gasteiger partial charge in [-0.2, -0.15) is 0 Å². The molecule has 0 bridgehead atoms. The fraction of sp³-hybridized carbons (Fsp3) is 0. The van der Waals surface area contributed by atoms with E-state index in [1.165, 1.54) is 22.1 Å². The van der Waals surface area contributed by atoms with Crippen LogP contribution in [0.3, 0.4) is 0 Å². The van der Waals surface area contributed by atoms with Crippen molar-refractivity contribution >= 4 is 91.3 Å². The molecule has 278 valence electrons. The van der Waals surface area contributed by atoms with E-state index in [-0.39, 0.29) is 6.71 Å². The Morgan fingerprint density at radius 1 is 0.271 bits per heavy atom. The molecule has 0 aromatic heterocycles. The number of para-hydroxylation sites is 7. The molecule has 0 amide bonds. The first-order valence-corrected chi connectivity index (χ1v) is 20.2. The van der Waals surface area contributed by atoms with Crippen LogP contribution in [0, 0.1) is 0 Å². The van der Waals surface area contributed by atoms with Gasteiger partial charge in [0.25, 0.3) is 6.71 Å². The lowest BCUT2D eigenvalue weighted by atomic mass is 9.33. The standard InChI is InChI=1S/C54H39BN4/c1-7-21-40(22-8-1)56(41-23-9-2-10-24-41)46-35-36-49-51(37-46)59(45-31-17-6-18-32-45)53-39-47(57(42-25-11-3-12-26-42)43-27-13-4-14-28-43)38-52-54(53)55(49)48-33-19-20-34-50(48)58(52)44-29-15-5-16-30-44/h1-39H. The normalized spacial score (nSPS) is 12.3. The summed E-state index contributed by atoms with van der Waals surface area (Å²) in [6, 6.07) is 85.4. The molecule has 9 aromatic rings. The van der Waals surface area contributed by atoms with Gasteiger partial charge < -0.3 is 19.6 Å². The van der Waals surface area contributed by atoms with Crippen molar-refractivity contribution in [2.24, 2.45) is 0 Å². The maximum atomic E-state index is 2.50. The number of anilines is 12. The lowest BCUT2D eigenvalue weighted by Gasteiger charge is -2.45. The smallest absolute Gasteiger partial charge is 0.252 e. The van der Waals surface area contributed by atoms with Gasteiger partial charge in [0.05, 0.1) is 5.69 Å². The maximum absolute atomic E-state index is 2.50. The third-order valence-electron chi connectivity index (χ3n) is 11.5. The van der Waals surface area contributed by atoms with Crippen LogP contribution in [0.4, 0.5) is 68.2 Å². The van der Waals surface area contributed by atoms with Crippen LogP contribution in [0.2, 0.25) is 0 Å². The van der Waals surface area contributed by atoms with Gasteiger partial charge in [-0.15, -0.1) is 0 Å². The Morgan fingerprint density at radius 2 is 0.627 bits per heavy atom. The van der Waals surface area contributed by atoms with E-state index in [0.717, 1.165) is 62.6 Å². The highest BCUT2D eigenvalue weighted by atomic mass is 15.2. The second-order valence-electron chi connectivity index (χ2n) is 15.0. The molecule has 0 fully saturated rings. The molecular formula is C54H39BN4. The number of hydrogen-bond donors (Lipinski definition) is 0. The van der Waals surface area contributed by atoms with Crippen LogP contribution in [0.15, 0.2) is 237 Å². The molecule has 2 heterocycles. The quantitative estimate of drug-likeness (QED) is 0.143. The minimum Gasteiger partial charge on any atom is -0.311 e. The van der Waals surface area contributed by atoms with Gasteiger partial charge in [-0.3, -0.25) is 0 Å². The highest BCUT2D eigenvalue weighted by Gasteiger charge is 2.44. The predicted octanol–water partition coefficient (Wildman–Crippen LogP) is 12.7. The van der Waals surface area contributed by atoms with E-state index in [2.05, 4.69) is 256 Å². The summed E-state index contributed by atoms with van der Waals surface area (Å²) in [7, 11) is 0. The van der Waals surface area contributed by atoms with Gasteiger partial charge in [0, 0.05) is 62.6 Å². The van der Waals surface area contributed by atoms with E-state index in [1.54, 1.807) is 0 Å². The lowest BCUT2D eigenvalue weighted by molar-refractivity contribution is 1.22. The Hall–Kier alpha value is -7.76. The molecule has 0 spiro atoms. The minimum absolute atomic E-state index is 0.0157. The average Bonchev–Trinajstić information content (AvgIpc) is 3.31. The lowest BCUT2D eigenvalue weighted by Crippen LogP contribution is -2.61. The van der Waals surface area contributed by atoms with E-state index >= 15 is 0 Å². The molecule has 59 heavy (non-hydrogen) atoms. The molecule has 2 aliphatic heterocycles. The zero-order chi connectivity index (χ0) is 39.1. The molecule has 0 atom stereocenters. The SMILES string of the molecule is c1ccc(N(c2ccccc2)c2ccc3c(c2)N(c2ccccc2)c2cc(N(c4ccccc4)c4ccccc4)cc4c2B3c2ccccc2N4c2ccccc2)cc1. The van der Waals surface area contributed by atoms with E-state index in [9.17, 15) is 0 Å². The van der Waals surface area contributed by atoms with Gasteiger partial charge in [0.1, 0.15) is 0 Å². The first-order chi connectivity index (χ1) is 29.3. The summed E-state index contributed by atoms with van der Waals surface area (Å²) in [6.07, 6.45) is 0. The van der Waals surface area contributed by atoms with Crippen LogP contribution in [0.1, 0.15) is 0 Å². The van der Waals surface area contributed by atoms with Crippen LogP contribution in [-0.2, 0) is 0 Å². The first-order valence-electron chi connectivity index (χ1n) is 20.2. The summed E-state index contributed by atoms with van der Waals surface area (Å²) in [5.74, 6) is 0. The van der Waals surface area contributed by atoms with Gasteiger partial charge in [-0.25, -0.2) is 0 Å². The molecule has 2 aliphatic rings. The van der Waals surface area contributed by atoms with Gasteiger partial charge >= 0.3 is 0 Å². The second-order valence-corrected chi connectivity index (χ2v) is 15.0. The summed E-state index contributed by atoms with van der Waals surface area (Å²) >= 11 is 0. The van der Waals surface area contributed by atoms with E-state index in [0.29, 0.717) is 0 Å². The number of hydrogen-bond acceptors (Lipinski definition) is 4. The molecule has 0 aliphatic carbocycles. The predicted molar refractivity (Wildman–Crippen MR) is 250 cm³/mol. The monoisotopic (exact) mass is 754 g/mol. The molecule has 0 N–H and O–H groups in total. The Balaban J connectivity index is 1.23. The molecular weight excluding hydrogens is 715 g/mol.